The number of amides is 1. The molecule has 1 N–H and O–H groups in total. The molecule has 0 unspecified atom stereocenters. The van der Waals surface area contributed by atoms with Gasteiger partial charge in [-0.15, -0.1) is 0 Å². The van der Waals surface area contributed by atoms with E-state index < -0.39 is 0 Å². The van der Waals surface area contributed by atoms with Gasteiger partial charge in [-0.2, -0.15) is 5.10 Å². The van der Waals surface area contributed by atoms with Gasteiger partial charge in [0.15, 0.2) is 0 Å². The number of nitrogens with one attached hydrogen (secondary N) is 1. The van der Waals surface area contributed by atoms with Crippen molar-refractivity contribution in [2.75, 3.05) is 26.2 Å². The Balaban J connectivity index is 1.31. The molecule has 3 atom stereocenters. The first kappa shape index (κ1) is 16.4. The van der Waals surface area contributed by atoms with Crippen molar-refractivity contribution in [1.82, 2.24) is 20.0 Å². The summed E-state index contributed by atoms with van der Waals surface area (Å²) in [5.74, 6) is 2.68. The lowest BCUT2D eigenvalue weighted by atomic mass is 9.93. The predicted molar refractivity (Wildman–Crippen MR) is 91.0 cm³/mol. The van der Waals surface area contributed by atoms with Gasteiger partial charge in [0.2, 0.25) is 0 Å². The molecule has 7 heteroatoms. The minimum Gasteiger partial charge on any atom is -0.465 e. The molecule has 0 bridgehead atoms. The van der Waals surface area contributed by atoms with Crippen molar-refractivity contribution in [2.45, 2.75) is 19.6 Å². The SMILES string of the molecule is Cc1ccc(CN2C[C@H]3[C@H](CNC(=O)c4ccnn4C)CO[C@H]3C2)o1. The van der Waals surface area contributed by atoms with Crippen molar-refractivity contribution in [3.63, 3.8) is 0 Å². The van der Waals surface area contributed by atoms with Crippen LogP contribution in [0.25, 0.3) is 0 Å². The molecule has 2 aliphatic rings. The number of ether oxygens (including phenoxy) is 1. The third-order valence-electron chi connectivity index (χ3n) is 5.27. The topological polar surface area (TPSA) is 72.5 Å². The quantitative estimate of drug-likeness (QED) is 0.882. The molecule has 0 aliphatic carbocycles. The van der Waals surface area contributed by atoms with Crippen molar-refractivity contribution < 1.29 is 13.9 Å². The highest BCUT2D eigenvalue weighted by Gasteiger charge is 2.43. The predicted octanol–water partition coefficient (Wildman–Crippen LogP) is 1.20. The standard InChI is InChI=1S/C18H24N4O3/c1-12-3-4-14(25-12)8-22-9-15-13(11-24-17(15)10-22)7-19-18(23)16-5-6-20-21(16)2/h3-6,13,15,17H,7-11H2,1-2H3,(H,19,23)/t13-,15+,17+/m1/s1. The average molecular weight is 344 g/mol. The van der Waals surface area contributed by atoms with Crippen LogP contribution in [0.15, 0.2) is 28.8 Å². The van der Waals surface area contributed by atoms with Crippen LogP contribution in [0.3, 0.4) is 0 Å². The molecule has 0 aromatic carbocycles. The van der Waals surface area contributed by atoms with Crippen LogP contribution in [0, 0.1) is 18.8 Å². The van der Waals surface area contributed by atoms with E-state index in [-0.39, 0.29) is 12.0 Å². The second kappa shape index (κ2) is 6.65. The number of aromatic nitrogens is 2. The van der Waals surface area contributed by atoms with Crippen LogP contribution in [0.1, 0.15) is 22.0 Å². The van der Waals surface area contributed by atoms with Crippen LogP contribution in [-0.4, -0.2) is 52.9 Å². The number of carbonyl (C=O) groups excluding carboxylic acids is 1. The minimum atomic E-state index is -0.0793. The number of aryl methyl sites for hydroxylation is 2. The first-order valence-corrected chi connectivity index (χ1v) is 8.75. The Kier molecular flexibility index (Phi) is 4.35. The normalized spacial score (nSPS) is 26.1. The van der Waals surface area contributed by atoms with Gasteiger partial charge >= 0.3 is 0 Å². The third kappa shape index (κ3) is 3.34. The number of nitrogens with zero attached hydrogens (tertiary/aromatic N) is 3. The molecule has 2 saturated heterocycles. The highest BCUT2D eigenvalue weighted by Crippen LogP contribution is 2.34. The van der Waals surface area contributed by atoms with Crippen LogP contribution in [0.2, 0.25) is 0 Å². The van der Waals surface area contributed by atoms with Gasteiger partial charge in [0, 0.05) is 44.7 Å². The van der Waals surface area contributed by atoms with Gasteiger partial charge in [-0.1, -0.05) is 0 Å². The Morgan fingerprint density at radius 2 is 2.24 bits per heavy atom. The lowest BCUT2D eigenvalue weighted by Crippen LogP contribution is -2.35. The molecule has 25 heavy (non-hydrogen) atoms. The summed E-state index contributed by atoms with van der Waals surface area (Å²) in [5, 5.41) is 7.07. The molecular weight excluding hydrogens is 320 g/mol. The molecular formula is C18H24N4O3. The third-order valence-corrected chi connectivity index (χ3v) is 5.27. The molecule has 2 aliphatic heterocycles. The van der Waals surface area contributed by atoms with E-state index in [4.69, 9.17) is 9.15 Å². The maximum atomic E-state index is 12.2. The van der Waals surface area contributed by atoms with Gasteiger partial charge < -0.3 is 14.5 Å². The van der Waals surface area contributed by atoms with Gasteiger partial charge in [-0.25, -0.2) is 0 Å². The Bertz CT molecular complexity index is 753. The zero-order valence-corrected chi connectivity index (χ0v) is 14.6. The summed E-state index contributed by atoms with van der Waals surface area (Å²) in [4.78, 5) is 14.6. The van der Waals surface area contributed by atoms with Crippen molar-refractivity contribution in [3.8, 4) is 0 Å². The first-order valence-electron chi connectivity index (χ1n) is 8.75. The summed E-state index contributed by atoms with van der Waals surface area (Å²) < 4.78 is 13.2. The van der Waals surface area contributed by atoms with E-state index >= 15 is 0 Å². The number of fused-ring (bicyclic) bond motifs is 1. The molecule has 0 saturated carbocycles. The molecule has 4 rings (SSSR count). The Hall–Kier alpha value is -2.12. The van der Waals surface area contributed by atoms with E-state index in [1.165, 1.54) is 0 Å². The zero-order chi connectivity index (χ0) is 17.4. The molecule has 0 spiro atoms. The van der Waals surface area contributed by atoms with Gasteiger partial charge in [-0.3, -0.25) is 14.4 Å². The molecule has 134 valence electrons. The van der Waals surface area contributed by atoms with E-state index in [9.17, 15) is 4.79 Å². The van der Waals surface area contributed by atoms with Crippen molar-refractivity contribution in [2.24, 2.45) is 18.9 Å². The average Bonchev–Trinajstić information content (AvgIpc) is 3.32. The van der Waals surface area contributed by atoms with Crippen LogP contribution >= 0.6 is 0 Å². The van der Waals surface area contributed by atoms with Gasteiger partial charge in [0.1, 0.15) is 17.2 Å². The van der Waals surface area contributed by atoms with Crippen LogP contribution < -0.4 is 5.32 Å². The van der Waals surface area contributed by atoms with Crippen molar-refractivity contribution in [1.29, 1.82) is 0 Å². The molecule has 2 fully saturated rings. The Morgan fingerprint density at radius 3 is 2.96 bits per heavy atom. The fourth-order valence-corrected chi connectivity index (χ4v) is 3.92. The van der Waals surface area contributed by atoms with E-state index in [1.807, 2.05) is 19.1 Å². The summed E-state index contributed by atoms with van der Waals surface area (Å²) in [7, 11) is 1.77. The maximum absolute atomic E-state index is 12.2. The zero-order valence-electron chi connectivity index (χ0n) is 14.6. The van der Waals surface area contributed by atoms with Crippen LogP contribution in [0.5, 0.6) is 0 Å². The second-order valence-corrected chi connectivity index (χ2v) is 7.05. The monoisotopic (exact) mass is 344 g/mol. The van der Waals surface area contributed by atoms with Crippen LogP contribution in [-0.2, 0) is 18.3 Å². The summed E-state index contributed by atoms with van der Waals surface area (Å²) in [5.41, 5.74) is 0.580. The van der Waals surface area contributed by atoms with Crippen LogP contribution in [0.4, 0.5) is 0 Å². The summed E-state index contributed by atoms with van der Waals surface area (Å²) in [6, 6.07) is 5.77. The summed E-state index contributed by atoms with van der Waals surface area (Å²) in [6.07, 6.45) is 1.89. The highest BCUT2D eigenvalue weighted by molar-refractivity contribution is 5.92. The van der Waals surface area contributed by atoms with E-state index in [2.05, 4.69) is 15.3 Å². The maximum Gasteiger partial charge on any atom is 0.269 e. The number of furan rings is 1. The van der Waals surface area contributed by atoms with E-state index in [1.54, 1.807) is 24.0 Å². The lowest BCUT2D eigenvalue weighted by Gasteiger charge is -2.19. The largest absolute Gasteiger partial charge is 0.465 e. The van der Waals surface area contributed by atoms with Crippen molar-refractivity contribution >= 4 is 5.91 Å². The van der Waals surface area contributed by atoms with E-state index in [0.29, 0.717) is 30.7 Å². The Labute approximate surface area is 146 Å². The molecule has 7 nitrogen and oxygen atoms in total. The number of hydrogen-bond donors (Lipinski definition) is 1. The highest BCUT2D eigenvalue weighted by atomic mass is 16.5. The summed E-state index contributed by atoms with van der Waals surface area (Å²) in [6.45, 7) is 6.05. The molecule has 2 aromatic heterocycles. The number of carbonyl (C=O) groups is 1. The minimum absolute atomic E-state index is 0.0793. The van der Waals surface area contributed by atoms with Gasteiger partial charge in [0.05, 0.1) is 19.3 Å². The van der Waals surface area contributed by atoms with Gasteiger partial charge in [0.25, 0.3) is 5.91 Å². The molecule has 1 amide bonds. The molecule has 2 aromatic rings. The molecule has 4 heterocycles. The number of likely N-dealkylation sites (tertiary alicyclic amines) is 1. The second-order valence-electron chi connectivity index (χ2n) is 7.05. The first-order chi connectivity index (χ1) is 12.1. The smallest absolute Gasteiger partial charge is 0.269 e. The Morgan fingerprint density at radius 1 is 1.36 bits per heavy atom. The fourth-order valence-electron chi connectivity index (χ4n) is 3.92. The number of hydrogen-bond acceptors (Lipinski definition) is 5. The fraction of sp³-hybridized carbons (Fsp3) is 0.556. The van der Waals surface area contributed by atoms with Crippen molar-refractivity contribution in [3.05, 3.63) is 41.6 Å². The lowest BCUT2D eigenvalue weighted by molar-refractivity contribution is 0.0893. The summed E-state index contributed by atoms with van der Waals surface area (Å²) >= 11 is 0. The van der Waals surface area contributed by atoms with E-state index in [0.717, 1.165) is 31.2 Å². The number of rotatable bonds is 5. The molecule has 0 radical (unpaired) electrons. The van der Waals surface area contributed by atoms with Gasteiger partial charge in [-0.05, 0) is 25.1 Å².